The summed E-state index contributed by atoms with van der Waals surface area (Å²) in [4.78, 5) is 9.22. The van der Waals surface area contributed by atoms with Gasteiger partial charge in [0.25, 0.3) is 0 Å². The van der Waals surface area contributed by atoms with E-state index in [2.05, 4.69) is 28.6 Å². The molecule has 3 nitrogen and oxygen atoms in total. The Morgan fingerprint density at radius 3 is 2.68 bits per heavy atom. The van der Waals surface area contributed by atoms with Crippen LogP contribution in [0.3, 0.4) is 0 Å². The van der Waals surface area contributed by atoms with Crippen molar-refractivity contribution in [2.24, 2.45) is 0 Å². The van der Waals surface area contributed by atoms with E-state index in [1.54, 1.807) is 6.07 Å². The molecule has 19 heavy (non-hydrogen) atoms. The van der Waals surface area contributed by atoms with Crippen molar-refractivity contribution in [1.29, 1.82) is 0 Å². The standard InChI is InChI=1S/C15H22FN3/c1-11(2)19-13-4-5-14(19)10-18(8-7-13)15-6-3-12(16)9-17-15/h3,6,9,11,13-14H,4-5,7-8,10H2,1-2H3/t13-,14-/m0/s1. The highest BCUT2D eigenvalue weighted by molar-refractivity contribution is 5.38. The number of aromatic nitrogens is 1. The Hall–Kier alpha value is -1.16. The third-order valence-electron chi connectivity index (χ3n) is 4.47. The van der Waals surface area contributed by atoms with Crippen LogP contribution in [-0.2, 0) is 0 Å². The molecule has 2 saturated heterocycles. The molecule has 2 bridgehead atoms. The lowest BCUT2D eigenvalue weighted by atomic mass is 10.1. The number of fused-ring (bicyclic) bond motifs is 2. The average Bonchev–Trinajstić information content (AvgIpc) is 2.66. The highest BCUT2D eigenvalue weighted by Gasteiger charge is 2.38. The van der Waals surface area contributed by atoms with E-state index in [0.717, 1.165) is 24.9 Å². The molecule has 0 saturated carbocycles. The molecule has 0 aromatic carbocycles. The van der Waals surface area contributed by atoms with Gasteiger partial charge >= 0.3 is 0 Å². The number of hydrogen-bond acceptors (Lipinski definition) is 3. The van der Waals surface area contributed by atoms with Gasteiger partial charge in [0.15, 0.2) is 0 Å². The second-order valence-electron chi connectivity index (χ2n) is 6.00. The Kier molecular flexibility index (Phi) is 3.44. The third kappa shape index (κ3) is 2.46. The van der Waals surface area contributed by atoms with E-state index >= 15 is 0 Å². The molecular formula is C15H22FN3. The van der Waals surface area contributed by atoms with Gasteiger partial charge in [-0.2, -0.15) is 0 Å². The third-order valence-corrected chi connectivity index (χ3v) is 4.47. The normalized spacial score (nSPS) is 27.9. The number of rotatable bonds is 2. The minimum absolute atomic E-state index is 0.260. The maximum absolute atomic E-state index is 13.0. The molecule has 0 amide bonds. The van der Waals surface area contributed by atoms with Crippen LogP contribution in [0.2, 0.25) is 0 Å². The molecule has 0 N–H and O–H groups in total. The lowest BCUT2D eigenvalue weighted by Gasteiger charge is -2.32. The van der Waals surface area contributed by atoms with E-state index in [1.165, 1.54) is 31.5 Å². The molecule has 1 aromatic rings. The highest BCUT2D eigenvalue weighted by Crippen LogP contribution is 2.33. The summed E-state index contributed by atoms with van der Waals surface area (Å²) in [5, 5.41) is 0. The Morgan fingerprint density at radius 1 is 1.21 bits per heavy atom. The zero-order valence-corrected chi connectivity index (χ0v) is 11.7. The van der Waals surface area contributed by atoms with Crippen molar-refractivity contribution in [2.45, 2.75) is 51.2 Å². The second-order valence-corrected chi connectivity index (χ2v) is 6.00. The summed E-state index contributed by atoms with van der Waals surface area (Å²) < 4.78 is 13.0. The first-order valence-electron chi connectivity index (χ1n) is 7.29. The molecule has 0 unspecified atom stereocenters. The number of pyridine rings is 1. The van der Waals surface area contributed by atoms with Gasteiger partial charge in [0.1, 0.15) is 11.6 Å². The summed E-state index contributed by atoms with van der Waals surface area (Å²) in [7, 11) is 0. The van der Waals surface area contributed by atoms with Crippen molar-refractivity contribution in [3.63, 3.8) is 0 Å². The molecular weight excluding hydrogens is 241 g/mol. The van der Waals surface area contributed by atoms with Gasteiger partial charge in [0, 0.05) is 31.2 Å². The first-order chi connectivity index (χ1) is 9.15. The van der Waals surface area contributed by atoms with Crippen molar-refractivity contribution < 1.29 is 4.39 Å². The Bertz CT molecular complexity index is 432. The number of nitrogens with zero attached hydrogens (tertiary/aromatic N) is 3. The Labute approximate surface area is 114 Å². The van der Waals surface area contributed by atoms with Crippen LogP contribution in [0, 0.1) is 5.82 Å². The molecule has 3 rings (SSSR count). The van der Waals surface area contributed by atoms with Crippen LogP contribution in [0.1, 0.15) is 33.1 Å². The lowest BCUT2D eigenvalue weighted by Crippen LogP contribution is -2.43. The van der Waals surface area contributed by atoms with Gasteiger partial charge < -0.3 is 4.90 Å². The van der Waals surface area contributed by atoms with E-state index < -0.39 is 0 Å². The van der Waals surface area contributed by atoms with Crippen LogP contribution >= 0.6 is 0 Å². The highest BCUT2D eigenvalue weighted by atomic mass is 19.1. The molecule has 104 valence electrons. The van der Waals surface area contributed by atoms with Crippen LogP contribution in [-0.4, -0.2) is 41.1 Å². The fourth-order valence-electron chi connectivity index (χ4n) is 3.72. The van der Waals surface area contributed by atoms with Crippen LogP contribution in [0.5, 0.6) is 0 Å². The summed E-state index contributed by atoms with van der Waals surface area (Å²) in [6.07, 6.45) is 5.11. The zero-order chi connectivity index (χ0) is 13.4. The molecule has 0 spiro atoms. The Balaban J connectivity index is 1.78. The lowest BCUT2D eigenvalue weighted by molar-refractivity contribution is 0.158. The topological polar surface area (TPSA) is 19.4 Å². The van der Waals surface area contributed by atoms with Gasteiger partial charge in [0.05, 0.1) is 6.20 Å². The largest absolute Gasteiger partial charge is 0.355 e. The summed E-state index contributed by atoms with van der Waals surface area (Å²) in [5.41, 5.74) is 0. The molecule has 0 aliphatic carbocycles. The van der Waals surface area contributed by atoms with Gasteiger partial charge in [-0.05, 0) is 45.2 Å². The van der Waals surface area contributed by atoms with E-state index in [9.17, 15) is 4.39 Å². The number of hydrogen-bond donors (Lipinski definition) is 0. The van der Waals surface area contributed by atoms with Crippen LogP contribution < -0.4 is 4.90 Å². The molecule has 3 heterocycles. The number of halogens is 1. The zero-order valence-electron chi connectivity index (χ0n) is 11.7. The van der Waals surface area contributed by atoms with Crippen molar-refractivity contribution in [3.05, 3.63) is 24.1 Å². The summed E-state index contributed by atoms with van der Waals surface area (Å²) in [5.74, 6) is 0.654. The van der Waals surface area contributed by atoms with Crippen molar-refractivity contribution >= 4 is 5.82 Å². The van der Waals surface area contributed by atoms with Gasteiger partial charge in [-0.15, -0.1) is 0 Å². The van der Waals surface area contributed by atoms with Crippen molar-refractivity contribution in [1.82, 2.24) is 9.88 Å². The summed E-state index contributed by atoms with van der Waals surface area (Å²) in [6.45, 7) is 6.63. The Morgan fingerprint density at radius 2 is 2.00 bits per heavy atom. The maximum Gasteiger partial charge on any atom is 0.141 e. The predicted molar refractivity (Wildman–Crippen MR) is 74.8 cm³/mol. The van der Waals surface area contributed by atoms with Gasteiger partial charge in [-0.1, -0.05) is 0 Å². The second kappa shape index (κ2) is 5.08. The van der Waals surface area contributed by atoms with Crippen LogP contribution in [0.4, 0.5) is 10.2 Å². The molecule has 2 atom stereocenters. The van der Waals surface area contributed by atoms with Crippen molar-refractivity contribution in [3.8, 4) is 0 Å². The van der Waals surface area contributed by atoms with Crippen LogP contribution in [0.25, 0.3) is 0 Å². The minimum atomic E-state index is -0.260. The molecule has 0 radical (unpaired) electrons. The van der Waals surface area contributed by atoms with Gasteiger partial charge in [-0.25, -0.2) is 9.37 Å². The van der Waals surface area contributed by atoms with E-state index in [-0.39, 0.29) is 5.82 Å². The maximum atomic E-state index is 13.0. The summed E-state index contributed by atoms with van der Waals surface area (Å²) in [6, 6.07) is 5.26. The fraction of sp³-hybridized carbons (Fsp3) is 0.667. The first kappa shape index (κ1) is 12.9. The first-order valence-corrected chi connectivity index (χ1v) is 7.29. The van der Waals surface area contributed by atoms with Crippen molar-refractivity contribution in [2.75, 3.05) is 18.0 Å². The SMILES string of the molecule is CC(C)N1[C@H]2CC[C@H]1CN(c1ccc(F)cn1)CC2. The number of anilines is 1. The minimum Gasteiger partial charge on any atom is -0.355 e. The van der Waals surface area contributed by atoms with Crippen LogP contribution in [0.15, 0.2) is 18.3 Å². The molecule has 2 fully saturated rings. The molecule has 4 heteroatoms. The predicted octanol–water partition coefficient (Wildman–Crippen LogP) is 2.67. The smallest absolute Gasteiger partial charge is 0.141 e. The quantitative estimate of drug-likeness (QED) is 0.818. The monoisotopic (exact) mass is 263 g/mol. The molecule has 2 aliphatic rings. The fourth-order valence-corrected chi connectivity index (χ4v) is 3.72. The van der Waals surface area contributed by atoms with E-state index in [0.29, 0.717) is 12.1 Å². The molecule has 2 aliphatic heterocycles. The van der Waals surface area contributed by atoms with Gasteiger partial charge in [-0.3, -0.25) is 4.90 Å². The average molecular weight is 263 g/mol. The van der Waals surface area contributed by atoms with E-state index in [1.807, 2.05) is 0 Å². The van der Waals surface area contributed by atoms with E-state index in [4.69, 9.17) is 0 Å². The summed E-state index contributed by atoms with van der Waals surface area (Å²) >= 11 is 0. The molecule has 1 aromatic heterocycles. The van der Waals surface area contributed by atoms with Gasteiger partial charge in [0.2, 0.25) is 0 Å².